The van der Waals surface area contributed by atoms with E-state index < -0.39 is 12.6 Å². The molecule has 1 aromatic rings. The summed E-state index contributed by atoms with van der Waals surface area (Å²) >= 11 is 0. The molecule has 0 spiro atoms. The number of allylic oxidation sites excluding steroid dienone is 1. The van der Waals surface area contributed by atoms with Crippen molar-refractivity contribution in [3.05, 3.63) is 41.5 Å². The van der Waals surface area contributed by atoms with Gasteiger partial charge in [0.05, 0.1) is 18.2 Å². The van der Waals surface area contributed by atoms with Crippen LogP contribution in [0.2, 0.25) is 0 Å². The summed E-state index contributed by atoms with van der Waals surface area (Å²) in [7, 11) is 0. The SMILES string of the molecule is O=C([O-])COc1ccccc1C1OC2CCCCC2C2=CCCCC21. The van der Waals surface area contributed by atoms with Crippen molar-refractivity contribution in [3.8, 4) is 5.75 Å². The fourth-order valence-electron chi connectivity index (χ4n) is 4.88. The highest BCUT2D eigenvalue weighted by atomic mass is 16.5. The largest absolute Gasteiger partial charge is 0.546 e. The maximum atomic E-state index is 10.8. The molecule has 0 radical (unpaired) electrons. The van der Waals surface area contributed by atoms with Gasteiger partial charge in [0.25, 0.3) is 0 Å². The molecule has 0 amide bonds. The molecule has 1 saturated carbocycles. The Morgan fingerprint density at radius 1 is 1.12 bits per heavy atom. The van der Waals surface area contributed by atoms with E-state index in [1.165, 1.54) is 32.1 Å². The van der Waals surface area contributed by atoms with Crippen molar-refractivity contribution in [2.75, 3.05) is 6.61 Å². The van der Waals surface area contributed by atoms with E-state index in [0.717, 1.165) is 18.4 Å². The van der Waals surface area contributed by atoms with Crippen molar-refractivity contribution >= 4 is 5.97 Å². The van der Waals surface area contributed by atoms with Crippen molar-refractivity contribution in [1.82, 2.24) is 0 Å². The molecule has 1 aliphatic heterocycles. The summed E-state index contributed by atoms with van der Waals surface area (Å²) in [6.07, 6.45) is 11.1. The highest BCUT2D eigenvalue weighted by Gasteiger charge is 2.44. The third kappa shape index (κ3) is 3.32. The summed E-state index contributed by atoms with van der Waals surface area (Å²) < 4.78 is 12.1. The summed E-state index contributed by atoms with van der Waals surface area (Å²) in [5, 5.41) is 10.8. The number of benzene rings is 1. The summed E-state index contributed by atoms with van der Waals surface area (Å²) in [5.41, 5.74) is 2.56. The summed E-state index contributed by atoms with van der Waals surface area (Å²) in [6.45, 7) is -0.427. The molecule has 4 atom stereocenters. The number of hydrogen-bond donors (Lipinski definition) is 0. The van der Waals surface area contributed by atoms with E-state index in [2.05, 4.69) is 6.08 Å². The average molecular weight is 341 g/mol. The highest BCUT2D eigenvalue weighted by Crippen LogP contribution is 2.52. The van der Waals surface area contributed by atoms with Crippen molar-refractivity contribution in [3.63, 3.8) is 0 Å². The topological polar surface area (TPSA) is 58.6 Å². The molecule has 4 heteroatoms. The molecule has 0 bridgehead atoms. The first kappa shape index (κ1) is 16.6. The van der Waals surface area contributed by atoms with Crippen LogP contribution in [-0.4, -0.2) is 18.7 Å². The fraction of sp³-hybridized carbons (Fsp3) is 0.571. The van der Waals surface area contributed by atoms with E-state index >= 15 is 0 Å². The Bertz CT molecular complexity index is 666. The van der Waals surface area contributed by atoms with Gasteiger partial charge in [-0.05, 0) is 38.2 Å². The first-order chi connectivity index (χ1) is 12.2. The van der Waals surface area contributed by atoms with Crippen molar-refractivity contribution in [2.24, 2.45) is 11.8 Å². The van der Waals surface area contributed by atoms with Crippen LogP contribution in [0.25, 0.3) is 0 Å². The van der Waals surface area contributed by atoms with E-state index in [-0.39, 0.29) is 12.2 Å². The lowest BCUT2D eigenvalue weighted by Gasteiger charge is -2.47. The van der Waals surface area contributed by atoms with Gasteiger partial charge >= 0.3 is 0 Å². The minimum atomic E-state index is -1.20. The number of carbonyl (C=O) groups excluding carboxylic acids is 1. The molecule has 2 aliphatic carbocycles. The zero-order valence-corrected chi connectivity index (χ0v) is 14.5. The maximum Gasteiger partial charge on any atom is 0.128 e. The number of aliphatic carboxylic acids is 1. The van der Waals surface area contributed by atoms with Gasteiger partial charge in [-0.15, -0.1) is 0 Å². The Hall–Kier alpha value is -1.81. The van der Waals surface area contributed by atoms with Gasteiger partial charge in [-0.1, -0.05) is 42.7 Å². The van der Waals surface area contributed by atoms with Crippen LogP contribution in [0.15, 0.2) is 35.9 Å². The van der Waals surface area contributed by atoms with E-state index in [1.54, 1.807) is 5.57 Å². The molecule has 1 saturated heterocycles. The van der Waals surface area contributed by atoms with Crippen LogP contribution >= 0.6 is 0 Å². The number of carboxylic acids is 1. The first-order valence-corrected chi connectivity index (χ1v) is 9.51. The van der Waals surface area contributed by atoms with Crippen molar-refractivity contribution in [2.45, 2.75) is 57.2 Å². The number of carbonyl (C=O) groups is 1. The number of hydrogen-bond acceptors (Lipinski definition) is 4. The lowest BCUT2D eigenvalue weighted by molar-refractivity contribution is -0.307. The number of para-hydroxylation sites is 1. The monoisotopic (exact) mass is 341 g/mol. The summed E-state index contributed by atoms with van der Waals surface area (Å²) in [4.78, 5) is 10.8. The van der Waals surface area contributed by atoms with Crippen LogP contribution in [0, 0.1) is 11.8 Å². The molecule has 0 aromatic heterocycles. The predicted molar refractivity (Wildman–Crippen MR) is 91.9 cm³/mol. The molecule has 25 heavy (non-hydrogen) atoms. The number of rotatable bonds is 4. The lowest BCUT2D eigenvalue weighted by Crippen LogP contribution is -2.41. The zero-order valence-electron chi connectivity index (χ0n) is 14.5. The minimum Gasteiger partial charge on any atom is -0.546 e. The van der Waals surface area contributed by atoms with Gasteiger partial charge in [-0.25, -0.2) is 0 Å². The molecule has 134 valence electrons. The van der Waals surface area contributed by atoms with Crippen LogP contribution in [-0.2, 0) is 9.53 Å². The fourth-order valence-corrected chi connectivity index (χ4v) is 4.88. The van der Waals surface area contributed by atoms with Crippen LogP contribution in [0.1, 0.15) is 56.6 Å². The van der Waals surface area contributed by atoms with Gasteiger partial charge in [0.1, 0.15) is 12.4 Å². The van der Waals surface area contributed by atoms with Crippen LogP contribution < -0.4 is 9.84 Å². The van der Waals surface area contributed by atoms with Crippen molar-refractivity contribution in [1.29, 1.82) is 0 Å². The number of carboxylic acid groups (broad SMARTS) is 1. The Morgan fingerprint density at radius 3 is 2.80 bits per heavy atom. The first-order valence-electron chi connectivity index (χ1n) is 9.51. The molecule has 4 unspecified atom stereocenters. The molecule has 4 nitrogen and oxygen atoms in total. The third-order valence-corrected chi connectivity index (χ3v) is 5.92. The molecular weight excluding hydrogens is 316 g/mol. The van der Waals surface area contributed by atoms with Gasteiger partial charge < -0.3 is 19.4 Å². The van der Waals surface area contributed by atoms with Crippen LogP contribution in [0.4, 0.5) is 0 Å². The van der Waals surface area contributed by atoms with Gasteiger partial charge in [-0.2, -0.15) is 0 Å². The molecule has 3 aliphatic rings. The van der Waals surface area contributed by atoms with E-state index in [9.17, 15) is 9.90 Å². The second kappa shape index (κ2) is 7.20. The molecule has 2 fully saturated rings. The molecule has 0 N–H and O–H groups in total. The second-order valence-corrected chi connectivity index (χ2v) is 7.43. The Balaban J connectivity index is 1.66. The second-order valence-electron chi connectivity index (χ2n) is 7.43. The van der Waals surface area contributed by atoms with Gasteiger partial charge in [0, 0.05) is 17.4 Å². The average Bonchev–Trinajstić information content (AvgIpc) is 2.66. The summed E-state index contributed by atoms with van der Waals surface area (Å²) in [5.74, 6) is 0.369. The van der Waals surface area contributed by atoms with Crippen LogP contribution in [0.5, 0.6) is 5.75 Å². The quantitative estimate of drug-likeness (QED) is 0.789. The molecule has 4 rings (SSSR count). The third-order valence-electron chi connectivity index (χ3n) is 5.92. The van der Waals surface area contributed by atoms with E-state index in [4.69, 9.17) is 9.47 Å². The Morgan fingerprint density at radius 2 is 1.92 bits per heavy atom. The maximum absolute atomic E-state index is 10.8. The van der Waals surface area contributed by atoms with E-state index in [0.29, 0.717) is 17.6 Å². The molecule has 1 heterocycles. The number of ether oxygens (including phenoxy) is 2. The molecule has 1 aromatic carbocycles. The lowest BCUT2D eigenvalue weighted by atomic mass is 9.68. The minimum absolute atomic E-state index is 0.0381. The van der Waals surface area contributed by atoms with Gasteiger partial charge in [0.2, 0.25) is 0 Å². The number of fused-ring (bicyclic) bond motifs is 3. The predicted octanol–water partition coefficient (Wildman–Crippen LogP) is 3.17. The highest BCUT2D eigenvalue weighted by molar-refractivity contribution is 5.66. The van der Waals surface area contributed by atoms with E-state index in [1.807, 2.05) is 24.3 Å². The van der Waals surface area contributed by atoms with Gasteiger partial charge in [-0.3, -0.25) is 0 Å². The normalized spacial score (nSPS) is 31.4. The van der Waals surface area contributed by atoms with Crippen LogP contribution in [0.3, 0.4) is 0 Å². The molecular formula is C21H25O4-. The zero-order chi connectivity index (χ0) is 17.2. The smallest absolute Gasteiger partial charge is 0.128 e. The Labute approximate surface area is 148 Å². The van der Waals surface area contributed by atoms with Crippen molar-refractivity contribution < 1.29 is 19.4 Å². The Kier molecular flexibility index (Phi) is 4.80. The van der Waals surface area contributed by atoms with Gasteiger partial charge in [0.15, 0.2) is 0 Å². The standard InChI is InChI=1S/C21H26O4/c22-20(23)13-24-18-11-5-4-10-17(18)21-16-9-2-1-7-14(16)15-8-3-6-12-19(15)25-21/h4-5,7,10-11,15-16,19,21H,1-3,6,8-9,12-13H2,(H,22,23)/p-1. The summed E-state index contributed by atoms with van der Waals surface area (Å²) in [6, 6.07) is 7.70.